The molecular weight excluding hydrogens is 360 g/mol. The van der Waals surface area contributed by atoms with Gasteiger partial charge in [0.15, 0.2) is 0 Å². The highest BCUT2D eigenvalue weighted by Crippen LogP contribution is 2.78. The first-order valence-corrected chi connectivity index (χ1v) is 13.9. The first-order chi connectivity index (χ1) is 13.9. The van der Waals surface area contributed by atoms with Crippen molar-refractivity contribution in [3.8, 4) is 0 Å². The van der Waals surface area contributed by atoms with Gasteiger partial charge >= 0.3 is 0 Å². The molecule has 0 N–H and O–H groups in total. The van der Waals surface area contributed by atoms with Crippen molar-refractivity contribution in [2.45, 2.75) is 126 Å². The average molecular weight is 413 g/mol. The molecule has 5 aliphatic carbocycles. The molecule has 0 amide bonds. The maximum absolute atomic E-state index is 2.81. The summed E-state index contributed by atoms with van der Waals surface area (Å²) in [5.41, 5.74) is 2.92. The molecular formula is C30H52. The van der Waals surface area contributed by atoms with E-state index in [0.717, 1.165) is 35.5 Å². The summed E-state index contributed by atoms with van der Waals surface area (Å²) < 4.78 is 0. The van der Waals surface area contributed by atoms with Crippen LogP contribution in [0.15, 0.2) is 0 Å². The molecule has 5 aliphatic rings. The Bertz CT molecular complexity index is 688. The van der Waals surface area contributed by atoms with Gasteiger partial charge in [0.1, 0.15) is 0 Å². The minimum atomic E-state index is 0.561. The van der Waals surface area contributed by atoms with Gasteiger partial charge < -0.3 is 0 Å². The number of fused-ring (bicyclic) bond motifs is 7. The predicted molar refractivity (Wildman–Crippen MR) is 129 cm³/mol. The normalized spacial score (nSPS) is 57.3. The maximum atomic E-state index is 2.81. The zero-order valence-corrected chi connectivity index (χ0v) is 21.7. The topological polar surface area (TPSA) is 0 Å². The molecule has 0 aromatic carbocycles. The van der Waals surface area contributed by atoms with E-state index in [-0.39, 0.29) is 0 Å². The van der Waals surface area contributed by atoms with Crippen molar-refractivity contribution in [3.05, 3.63) is 0 Å². The molecule has 30 heavy (non-hydrogen) atoms. The lowest BCUT2D eigenvalue weighted by Gasteiger charge is -2.73. The third kappa shape index (κ3) is 2.52. The Morgan fingerprint density at radius 2 is 1.17 bits per heavy atom. The van der Waals surface area contributed by atoms with Crippen LogP contribution in [0.3, 0.4) is 0 Å². The molecule has 3 unspecified atom stereocenters. The number of rotatable bonds is 1. The van der Waals surface area contributed by atoms with Crippen molar-refractivity contribution in [1.29, 1.82) is 0 Å². The molecule has 5 fully saturated rings. The highest BCUT2D eigenvalue weighted by molar-refractivity contribution is 5.18. The van der Waals surface area contributed by atoms with Crippen LogP contribution in [-0.4, -0.2) is 0 Å². The summed E-state index contributed by atoms with van der Waals surface area (Å²) in [6.07, 6.45) is 16.6. The summed E-state index contributed by atoms with van der Waals surface area (Å²) in [5, 5.41) is 0. The fraction of sp³-hybridized carbons (Fsp3) is 1.00. The minimum absolute atomic E-state index is 0.561. The Balaban J connectivity index is 1.52. The van der Waals surface area contributed by atoms with Crippen molar-refractivity contribution in [3.63, 3.8) is 0 Å². The lowest BCUT2D eigenvalue weighted by atomic mass is 9.32. The Morgan fingerprint density at radius 1 is 0.567 bits per heavy atom. The molecule has 0 heterocycles. The Labute approximate surface area is 188 Å². The summed E-state index contributed by atoms with van der Waals surface area (Å²) in [4.78, 5) is 0. The van der Waals surface area contributed by atoms with Crippen LogP contribution in [0.1, 0.15) is 126 Å². The zero-order chi connectivity index (χ0) is 21.7. The van der Waals surface area contributed by atoms with Crippen LogP contribution in [0.5, 0.6) is 0 Å². The molecule has 0 aromatic rings. The minimum Gasteiger partial charge on any atom is -0.0625 e. The Kier molecular flexibility index (Phi) is 4.75. The molecule has 5 rings (SSSR count). The Morgan fingerprint density at radius 3 is 1.80 bits per heavy atom. The van der Waals surface area contributed by atoms with Gasteiger partial charge in [-0.3, -0.25) is 0 Å². The van der Waals surface area contributed by atoms with Gasteiger partial charge in [0, 0.05) is 0 Å². The molecule has 9 atom stereocenters. The molecule has 0 aliphatic heterocycles. The molecule has 0 saturated heterocycles. The van der Waals surface area contributed by atoms with Gasteiger partial charge in [0.05, 0.1) is 0 Å². The van der Waals surface area contributed by atoms with Crippen molar-refractivity contribution in [2.24, 2.45) is 62.6 Å². The summed E-state index contributed by atoms with van der Waals surface area (Å²) in [7, 11) is 0. The van der Waals surface area contributed by atoms with E-state index in [1.54, 1.807) is 0 Å². The van der Waals surface area contributed by atoms with Crippen molar-refractivity contribution in [2.75, 3.05) is 0 Å². The van der Waals surface area contributed by atoms with E-state index in [4.69, 9.17) is 0 Å². The summed E-state index contributed by atoms with van der Waals surface area (Å²) in [5.74, 6) is 5.79. The highest BCUT2D eigenvalue weighted by Gasteiger charge is 2.70. The van der Waals surface area contributed by atoms with Crippen LogP contribution < -0.4 is 0 Å². The highest BCUT2D eigenvalue weighted by atomic mass is 14.7. The van der Waals surface area contributed by atoms with Crippen molar-refractivity contribution >= 4 is 0 Å². The second kappa shape index (κ2) is 6.53. The molecule has 0 radical (unpaired) electrons. The van der Waals surface area contributed by atoms with Gasteiger partial charge in [0.25, 0.3) is 0 Å². The third-order valence-corrected chi connectivity index (χ3v) is 13.6. The average Bonchev–Trinajstić information content (AvgIpc) is 2.99. The van der Waals surface area contributed by atoms with Crippen LogP contribution in [0.25, 0.3) is 0 Å². The summed E-state index contributed by atoms with van der Waals surface area (Å²) in [6, 6.07) is 0. The molecule has 0 heteroatoms. The van der Waals surface area contributed by atoms with Crippen LogP contribution in [-0.2, 0) is 0 Å². The monoisotopic (exact) mass is 412 g/mol. The fourth-order valence-electron chi connectivity index (χ4n) is 12.1. The van der Waals surface area contributed by atoms with Gasteiger partial charge in [-0.2, -0.15) is 0 Å². The smallest absolute Gasteiger partial charge is 0.0235 e. The van der Waals surface area contributed by atoms with Crippen LogP contribution in [0.4, 0.5) is 0 Å². The lowest BCUT2D eigenvalue weighted by molar-refractivity contribution is -0.241. The predicted octanol–water partition coefficient (Wildman–Crippen LogP) is 9.13. The van der Waals surface area contributed by atoms with Gasteiger partial charge in [-0.1, -0.05) is 61.8 Å². The SMILES string of the molecule is CC(C)[C@@H]1CC[C@]2(C)C3CCC4[C@@]5(C)CCCC(C)(C)C5CC[C@@]4(C)[C@]3(C)CC[C@H]12. The van der Waals surface area contributed by atoms with Gasteiger partial charge in [0.2, 0.25) is 0 Å². The van der Waals surface area contributed by atoms with Gasteiger partial charge in [-0.05, 0) is 127 Å². The van der Waals surface area contributed by atoms with E-state index in [1.165, 1.54) is 70.6 Å². The molecule has 5 saturated carbocycles. The van der Waals surface area contributed by atoms with E-state index < -0.39 is 0 Å². The van der Waals surface area contributed by atoms with E-state index in [1.807, 2.05) is 0 Å². The summed E-state index contributed by atoms with van der Waals surface area (Å²) in [6.45, 7) is 21.4. The standard InChI is InChI=1S/C30H52/c1-20(2)21-12-17-27(5)22(21)13-18-29(7)24(27)10-11-25-28(6)16-9-15-26(3,4)23(28)14-19-30(25,29)8/h20-25H,9-19H2,1-8H3/t21-,22+,23?,24?,25?,27-,28-,29+,30+/m0/s1. The second-order valence-corrected chi connectivity index (χ2v) is 15.1. The zero-order valence-electron chi connectivity index (χ0n) is 21.7. The molecule has 0 nitrogen and oxygen atoms in total. The van der Waals surface area contributed by atoms with E-state index in [2.05, 4.69) is 55.4 Å². The first kappa shape index (κ1) is 21.8. The molecule has 172 valence electrons. The number of hydrogen-bond acceptors (Lipinski definition) is 0. The molecule has 0 bridgehead atoms. The summed E-state index contributed by atoms with van der Waals surface area (Å²) >= 11 is 0. The quantitative estimate of drug-likeness (QED) is 0.402. The molecule has 0 aromatic heterocycles. The van der Waals surface area contributed by atoms with E-state index in [9.17, 15) is 0 Å². The Hall–Kier alpha value is 0. The lowest BCUT2D eigenvalue weighted by Crippen LogP contribution is -2.65. The number of hydrogen-bond donors (Lipinski definition) is 0. The third-order valence-electron chi connectivity index (χ3n) is 13.6. The van der Waals surface area contributed by atoms with Gasteiger partial charge in [-0.25, -0.2) is 0 Å². The van der Waals surface area contributed by atoms with Crippen molar-refractivity contribution < 1.29 is 0 Å². The van der Waals surface area contributed by atoms with E-state index in [0.29, 0.717) is 27.1 Å². The van der Waals surface area contributed by atoms with E-state index >= 15 is 0 Å². The van der Waals surface area contributed by atoms with Gasteiger partial charge in [-0.15, -0.1) is 0 Å². The fourth-order valence-corrected chi connectivity index (χ4v) is 12.1. The largest absolute Gasteiger partial charge is 0.0625 e. The van der Waals surface area contributed by atoms with Crippen LogP contribution >= 0.6 is 0 Å². The first-order valence-electron chi connectivity index (χ1n) is 13.9. The van der Waals surface area contributed by atoms with Crippen molar-refractivity contribution in [1.82, 2.24) is 0 Å². The second-order valence-electron chi connectivity index (χ2n) is 15.1. The van der Waals surface area contributed by atoms with Crippen LogP contribution in [0.2, 0.25) is 0 Å². The maximum Gasteiger partial charge on any atom is -0.0235 e. The molecule has 0 spiro atoms. The van der Waals surface area contributed by atoms with Crippen LogP contribution in [0, 0.1) is 62.6 Å².